The summed E-state index contributed by atoms with van der Waals surface area (Å²) in [5, 5.41) is 9.88. The molecule has 0 aliphatic heterocycles. The zero-order valence-electron chi connectivity index (χ0n) is 5.83. The lowest BCUT2D eigenvalue weighted by atomic mass is 10.2. The summed E-state index contributed by atoms with van der Waals surface area (Å²) < 4.78 is 0. The topological polar surface area (TPSA) is 69.2 Å². The van der Waals surface area contributed by atoms with Crippen LogP contribution < -0.4 is 5.73 Å². The van der Waals surface area contributed by atoms with Gasteiger partial charge in [0, 0.05) is 4.92 Å². The third kappa shape index (κ3) is 5.06. The summed E-state index contributed by atoms with van der Waals surface area (Å²) in [6.07, 6.45) is 0. The van der Waals surface area contributed by atoms with Crippen LogP contribution in [0.1, 0.15) is 6.92 Å². The third-order valence-corrected chi connectivity index (χ3v) is 0.873. The van der Waals surface area contributed by atoms with Gasteiger partial charge in [0.05, 0.1) is 12.5 Å². The van der Waals surface area contributed by atoms with Crippen LogP contribution in [0.2, 0.25) is 0 Å². The second kappa shape index (κ2) is 4.77. The van der Waals surface area contributed by atoms with Gasteiger partial charge in [-0.3, -0.25) is 10.1 Å². The summed E-state index contributed by atoms with van der Waals surface area (Å²) in [6, 6.07) is 0. The molecular formula is C6H10N2O2. The molecular weight excluding hydrogens is 132 g/mol. The molecule has 1 atom stereocenters. The van der Waals surface area contributed by atoms with E-state index in [1.165, 1.54) is 0 Å². The van der Waals surface area contributed by atoms with Crippen molar-refractivity contribution in [3.8, 4) is 11.8 Å². The molecule has 10 heavy (non-hydrogen) atoms. The highest BCUT2D eigenvalue weighted by molar-refractivity contribution is 5.03. The van der Waals surface area contributed by atoms with Gasteiger partial charge in [-0.1, -0.05) is 11.8 Å². The first-order valence-electron chi connectivity index (χ1n) is 2.97. The highest BCUT2D eigenvalue weighted by atomic mass is 16.6. The smallest absolute Gasteiger partial charge is 0.217 e. The second-order valence-electron chi connectivity index (χ2n) is 1.94. The Morgan fingerprint density at radius 2 is 2.40 bits per heavy atom. The number of nitro groups is 1. The van der Waals surface area contributed by atoms with Crippen molar-refractivity contribution in [3.05, 3.63) is 10.1 Å². The summed E-state index contributed by atoms with van der Waals surface area (Å²) in [5.41, 5.74) is 5.06. The Hall–Kier alpha value is -1.08. The fraction of sp³-hybridized carbons (Fsp3) is 0.667. The quantitative estimate of drug-likeness (QED) is 0.331. The number of nitrogens with two attached hydrogens (primary N) is 1. The van der Waals surface area contributed by atoms with E-state index in [-0.39, 0.29) is 23.9 Å². The van der Waals surface area contributed by atoms with E-state index < -0.39 is 0 Å². The average Bonchev–Trinajstić information content (AvgIpc) is 1.82. The predicted octanol–water partition coefficient (Wildman–Crippen LogP) is -0.139. The van der Waals surface area contributed by atoms with Crippen LogP contribution in [0.25, 0.3) is 0 Å². The molecule has 0 aliphatic carbocycles. The van der Waals surface area contributed by atoms with Crippen molar-refractivity contribution < 1.29 is 4.92 Å². The Morgan fingerprint density at radius 3 is 2.80 bits per heavy atom. The lowest BCUT2D eigenvalue weighted by Crippen LogP contribution is -2.09. The van der Waals surface area contributed by atoms with Gasteiger partial charge in [0.15, 0.2) is 0 Å². The van der Waals surface area contributed by atoms with Gasteiger partial charge in [0.2, 0.25) is 6.54 Å². The average molecular weight is 142 g/mol. The van der Waals surface area contributed by atoms with Crippen molar-refractivity contribution in [2.75, 3.05) is 13.1 Å². The van der Waals surface area contributed by atoms with Gasteiger partial charge in [-0.05, 0) is 6.92 Å². The highest BCUT2D eigenvalue weighted by Crippen LogP contribution is 1.90. The molecule has 0 heterocycles. The SMILES string of the molecule is CC(C#CCN)C[N+](=O)[O-]. The van der Waals surface area contributed by atoms with E-state index in [2.05, 4.69) is 11.8 Å². The van der Waals surface area contributed by atoms with Crippen LogP contribution in [0.3, 0.4) is 0 Å². The highest BCUT2D eigenvalue weighted by Gasteiger charge is 2.03. The Morgan fingerprint density at radius 1 is 1.80 bits per heavy atom. The number of hydrogen-bond donors (Lipinski definition) is 1. The minimum Gasteiger partial charge on any atom is -0.320 e. The molecule has 0 rings (SSSR count). The van der Waals surface area contributed by atoms with Gasteiger partial charge in [-0.25, -0.2) is 0 Å². The van der Waals surface area contributed by atoms with Crippen molar-refractivity contribution in [1.82, 2.24) is 0 Å². The minimum atomic E-state index is -0.379. The summed E-state index contributed by atoms with van der Waals surface area (Å²) in [6.45, 7) is 1.86. The summed E-state index contributed by atoms with van der Waals surface area (Å²) in [4.78, 5) is 9.50. The zero-order valence-corrected chi connectivity index (χ0v) is 5.83. The molecule has 0 aromatic rings. The van der Waals surface area contributed by atoms with Crippen LogP contribution in [0.15, 0.2) is 0 Å². The largest absolute Gasteiger partial charge is 0.320 e. The Balaban J connectivity index is 3.63. The lowest BCUT2D eigenvalue weighted by Gasteiger charge is -1.93. The standard InChI is InChI=1S/C6H10N2O2/c1-6(3-2-4-7)5-8(9)10/h6H,4-5,7H2,1H3. The zero-order chi connectivity index (χ0) is 7.98. The molecule has 56 valence electrons. The van der Waals surface area contributed by atoms with Crippen LogP contribution >= 0.6 is 0 Å². The van der Waals surface area contributed by atoms with Gasteiger partial charge in [0.1, 0.15) is 0 Å². The summed E-state index contributed by atoms with van der Waals surface area (Å²) in [7, 11) is 0. The van der Waals surface area contributed by atoms with Crippen LogP contribution in [0, 0.1) is 27.9 Å². The van der Waals surface area contributed by atoms with Crippen LogP contribution in [0.4, 0.5) is 0 Å². The summed E-state index contributed by atoms with van der Waals surface area (Å²) in [5.74, 6) is 5.03. The molecule has 0 aromatic carbocycles. The lowest BCUT2D eigenvalue weighted by molar-refractivity contribution is -0.484. The van der Waals surface area contributed by atoms with Crippen LogP contribution in [-0.4, -0.2) is 18.0 Å². The number of rotatable bonds is 2. The van der Waals surface area contributed by atoms with E-state index in [0.29, 0.717) is 0 Å². The molecule has 0 fully saturated rings. The molecule has 0 aromatic heterocycles. The Kier molecular flexibility index (Phi) is 4.25. The first-order chi connectivity index (χ1) is 4.66. The molecule has 0 aliphatic rings. The van der Waals surface area contributed by atoms with Gasteiger partial charge >= 0.3 is 0 Å². The van der Waals surface area contributed by atoms with Gasteiger partial charge in [-0.15, -0.1) is 0 Å². The maximum atomic E-state index is 9.88. The van der Waals surface area contributed by atoms with Crippen molar-refractivity contribution in [3.63, 3.8) is 0 Å². The Labute approximate surface area is 59.6 Å². The molecule has 1 unspecified atom stereocenters. The molecule has 0 saturated carbocycles. The molecule has 4 heteroatoms. The van der Waals surface area contributed by atoms with E-state index in [0.717, 1.165) is 0 Å². The normalized spacial score (nSPS) is 11.4. The van der Waals surface area contributed by atoms with Gasteiger partial charge in [0.25, 0.3) is 0 Å². The van der Waals surface area contributed by atoms with E-state index in [1.54, 1.807) is 6.92 Å². The summed E-state index contributed by atoms with van der Waals surface area (Å²) >= 11 is 0. The van der Waals surface area contributed by atoms with Gasteiger partial charge in [-0.2, -0.15) is 0 Å². The molecule has 4 nitrogen and oxygen atoms in total. The number of hydrogen-bond acceptors (Lipinski definition) is 3. The Bertz CT molecular complexity index is 168. The predicted molar refractivity (Wildman–Crippen MR) is 37.9 cm³/mol. The van der Waals surface area contributed by atoms with E-state index in [9.17, 15) is 10.1 Å². The van der Waals surface area contributed by atoms with Crippen molar-refractivity contribution in [1.29, 1.82) is 0 Å². The molecule has 0 spiro atoms. The molecule has 0 radical (unpaired) electrons. The van der Waals surface area contributed by atoms with Gasteiger partial charge < -0.3 is 5.73 Å². The molecule has 0 amide bonds. The number of nitrogens with zero attached hydrogens (tertiary/aromatic N) is 1. The minimum absolute atomic E-state index is 0.104. The first kappa shape index (κ1) is 8.92. The maximum Gasteiger partial charge on any atom is 0.217 e. The fourth-order valence-corrected chi connectivity index (χ4v) is 0.502. The van der Waals surface area contributed by atoms with E-state index in [4.69, 9.17) is 5.73 Å². The fourth-order valence-electron chi connectivity index (χ4n) is 0.502. The van der Waals surface area contributed by atoms with Crippen LogP contribution in [-0.2, 0) is 0 Å². The monoisotopic (exact) mass is 142 g/mol. The molecule has 0 bridgehead atoms. The van der Waals surface area contributed by atoms with Crippen LogP contribution in [0.5, 0.6) is 0 Å². The second-order valence-corrected chi connectivity index (χ2v) is 1.94. The molecule has 0 saturated heterocycles. The molecule has 2 N–H and O–H groups in total. The first-order valence-corrected chi connectivity index (χ1v) is 2.97. The van der Waals surface area contributed by atoms with E-state index >= 15 is 0 Å². The maximum absolute atomic E-state index is 9.88. The van der Waals surface area contributed by atoms with Crippen molar-refractivity contribution in [2.45, 2.75) is 6.92 Å². The third-order valence-electron chi connectivity index (χ3n) is 0.873. The van der Waals surface area contributed by atoms with Crippen molar-refractivity contribution >= 4 is 0 Å². The van der Waals surface area contributed by atoms with E-state index in [1.807, 2.05) is 0 Å². The van der Waals surface area contributed by atoms with Crippen molar-refractivity contribution in [2.24, 2.45) is 11.7 Å².